The Labute approximate surface area is 74.6 Å². The molecule has 0 aliphatic carbocycles. The molecule has 56 valence electrons. The lowest BCUT2D eigenvalue weighted by Crippen LogP contribution is -1.88. The molecule has 0 fully saturated rings. The van der Waals surface area contributed by atoms with Crippen molar-refractivity contribution in [2.24, 2.45) is 0 Å². The van der Waals surface area contributed by atoms with Gasteiger partial charge in [-0.15, -0.1) is 0 Å². The molecule has 3 heteroatoms. The average Bonchev–Trinajstić information content (AvgIpc) is 2.20. The van der Waals surface area contributed by atoms with E-state index in [1.54, 1.807) is 0 Å². The van der Waals surface area contributed by atoms with Gasteiger partial charge in [0.1, 0.15) is 0 Å². The van der Waals surface area contributed by atoms with E-state index >= 15 is 0 Å². The first-order valence-corrected chi connectivity index (χ1v) is 4.84. The summed E-state index contributed by atoms with van der Waals surface area (Å²) < 4.78 is 1.17. The number of aromatic amines is 1. The number of nitrogens with one attached hydrogen (secondary N) is 1. The highest BCUT2D eigenvalue weighted by Gasteiger charge is 2.03. The van der Waals surface area contributed by atoms with Gasteiger partial charge in [-0.25, -0.2) is 0 Å². The number of hydrogen-bond donors (Lipinski definition) is 1. The molecule has 0 atom stereocenters. The fourth-order valence-electron chi connectivity index (χ4n) is 1.04. The maximum absolute atomic E-state index is 4.11. The fourth-order valence-corrected chi connectivity index (χ4v) is 1.58. The van der Waals surface area contributed by atoms with Gasteiger partial charge in [0, 0.05) is 10.1 Å². The van der Waals surface area contributed by atoms with E-state index in [4.69, 9.17) is 0 Å². The number of nitrogens with zero attached hydrogens (tertiary/aromatic N) is 1. The molecule has 1 aromatic rings. The van der Waals surface area contributed by atoms with Crippen molar-refractivity contribution < 1.29 is 0 Å². The third-order valence-electron chi connectivity index (χ3n) is 1.63. The average molecular weight is 250 g/mol. The Bertz CT molecular complexity index is 198. The van der Waals surface area contributed by atoms with Crippen LogP contribution in [-0.4, -0.2) is 14.6 Å². The molecule has 0 saturated heterocycles. The van der Waals surface area contributed by atoms with Crippen LogP contribution in [0.15, 0.2) is 0 Å². The molecule has 0 amide bonds. The lowest BCUT2D eigenvalue weighted by Gasteiger charge is -1.94. The first kappa shape index (κ1) is 8.04. The Morgan fingerprint density at radius 3 is 2.60 bits per heavy atom. The van der Waals surface area contributed by atoms with Crippen LogP contribution in [0.5, 0.6) is 0 Å². The van der Waals surface area contributed by atoms with E-state index in [1.807, 2.05) is 6.92 Å². The number of H-pyrrole nitrogens is 1. The first-order valence-electron chi connectivity index (χ1n) is 3.32. The highest BCUT2D eigenvalue weighted by molar-refractivity contribution is 14.1. The summed E-state index contributed by atoms with van der Waals surface area (Å²) in [5, 5.41) is 7.07. The summed E-state index contributed by atoms with van der Waals surface area (Å²) in [6.07, 6.45) is 1.13. The van der Waals surface area contributed by atoms with Gasteiger partial charge in [0.2, 0.25) is 0 Å². The van der Waals surface area contributed by atoms with Crippen molar-refractivity contribution in [1.82, 2.24) is 10.2 Å². The molecule has 0 spiro atoms. The monoisotopic (exact) mass is 250 g/mol. The minimum atomic E-state index is 1.13. The van der Waals surface area contributed by atoms with Crippen LogP contribution < -0.4 is 0 Å². The van der Waals surface area contributed by atoms with Crippen molar-refractivity contribution in [3.63, 3.8) is 0 Å². The maximum atomic E-state index is 4.11. The van der Waals surface area contributed by atoms with Crippen LogP contribution in [0.2, 0.25) is 0 Å². The van der Waals surface area contributed by atoms with Gasteiger partial charge in [-0.2, -0.15) is 5.10 Å². The third kappa shape index (κ3) is 1.51. The predicted octanol–water partition coefficient (Wildman–Crippen LogP) is 2.00. The second-order valence-electron chi connectivity index (χ2n) is 2.35. The van der Waals surface area contributed by atoms with Gasteiger partial charge in [0.25, 0.3) is 0 Å². The Morgan fingerprint density at radius 1 is 1.50 bits per heavy atom. The summed E-state index contributed by atoms with van der Waals surface area (Å²) in [6, 6.07) is 0. The molecule has 1 N–H and O–H groups in total. The van der Waals surface area contributed by atoms with Crippen molar-refractivity contribution in [3.05, 3.63) is 17.0 Å². The molecule has 0 aromatic carbocycles. The minimum Gasteiger partial charge on any atom is -0.282 e. The van der Waals surface area contributed by atoms with E-state index in [9.17, 15) is 0 Å². The zero-order valence-corrected chi connectivity index (χ0v) is 8.40. The molecule has 0 unspecified atom stereocenters. The molecule has 0 bridgehead atoms. The lowest BCUT2D eigenvalue weighted by molar-refractivity contribution is 1.02. The largest absolute Gasteiger partial charge is 0.282 e. The van der Waals surface area contributed by atoms with Crippen molar-refractivity contribution in [1.29, 1.82) is 0 Å². The second-order valence-corrected chi connectivity index (χ2v) is 3.43. The van der Waals surface area contributed by atoms with Gasteiger partial charge in [-0.05, 0) is 25.8 Å². The number of rotatable bonds is 2. The molecule has 0 saturated carbocycles. The van der Waals surface area contributed by atoms with E-state index in [1.165, 1.54) is 15.7 Å². The standard InChI is InChI=1S/C7H11IN2/c1-5-7(3-4-8)6(2)10-9-5/h3-4H2,1-2H3,(H,9,10). The quantitative estimate of drug-likeness (QED) is 0.631. The van der Waals surface area contributed by atoms with Crippen molar-refractivity contribution in [2.45, 2.75) is 20.3 Å². The zero-order chi connectivity index (χ0) is 7.56. The van der Waals surface area contributed by atoms with E-state index in [2.05, 4.69) is 39.7 Å². The van der Waals surface area contributed by atoms with Gasteiger partial charge < -0.3 is 0 Å². The molecule has 0 radical (unpaired) electrons. The summed E-state index contributed by atoms with van der Waals surface area (Å²) >= 11 is 2.38. The summed E-state index contributed by atoms with van der Waals surface area (Å²) in [7, 11) is 0. The number of aryl methyl sites for hydroxylation is 2. The Hall–Kier alpha value is -0.0600. The van der Waals surface area contributed by atoms with Crippen LogP contribution in [0.1, 0.15) is 17.0 Å². The molecular weight excluding hydrogens is 239 g/mol. The van der Waals surface area contributed by atoms with Crippen molar-refractivity contribution in [2.75, 3.05) is 4.43 Å². The summed E-state index contributed by atoms with van der Waals surface area (Å²) in [5.41, 5.74) is 3.75. The van der Waals surface area contributed by atoms with Crippen LogP contribution in [0, 0.1) is 13.8 Å². The molecule has 1 aromatic heterocycles. The fraction of sp³-hybridized carbons (Fsp3) is 0.571. The summed E-state index contributed by atoms with van der Waals surface area (Å²) in [5.74, 6) is 0. The smallest absolute Gasteiger partial charge is 0.0626 e. The van der Waals surface area contributed by atoms with E-state index in [0.717, 1.165) is 12.1 Å². The molecular formula is C7H11IN2. The highest BCUT2D eigenvalue weighted by Crippen LogP contribution is 2.10. The zero-order valence-electron chi connectivity index (χ0n) is 6.24. The number of halogens is 1. The van der Waals surface area contributed by atoms with Crippen LogP contribution >= 0.6 is 22.6 Å². The van der Waals surface area contributed by atoms with E-state index in [0.29, 0.717) is 0 Å². The van der Waals surface area contributed by atoms with Crippen LogP contribution in [0.4, 0.5) is 0 Å². The Kier molecular flexibility index (Phi) is 2.71. The molecule has 0 aliphatic rings. The van der Waals surface area contributed by atoms with E-state index in [-0.39, 0.29) is 0 Å². The predicted molar refractivity (Wildman–Crippen MR) is 50.7 cm³/mol. The number of hydrogen-bond acceptors (Lipinski definition) is 1. The van der Waals surface area contributed by atoms with Gasteiger partial charge in [0.05, 0.1) is 5.69 Å². The number of aromatic nitrogens is 2. The molecule has 1 heterocycles. The Balaban J connectivity index is 2.87. The van der Waals surface area contributed by atoms with Crippen molar-refractivity contribution >= 4 is 22.6 Å². The summed E-state index contributed by atoms with van der Waals surface area (Å²) in [6.45, 7) is 4.12. The molecule has 2 nitrogen and oxygen atoms in total. The first-order chi connectivity index (χ1) is 4.75. The third-order valence-corrected chi connectivity index (χ3v) is 2.16. The van der Waals surface area contributed by atoms with Crippen LogP contribution in [0.3, 0.4) is 0 Å². The SMILES string of the molecule is Cc1n[nH]c(C)c1CCI. The van der Waals surface area contributed by atoms with Crippen LogP contribution in [-0.2, 0) is 6.42 Å². The van der Waals surface area contributed by atoms with Gasteiger partial charge in [-0.3, -0.25) is 5.10 Å². The summed E-state index contributed by atoms with van der Waals surface area (Å²) in [4.78, 5) is 0. The van der Waals surface area contributed by atoms with Gasteiger partial charge in [-0.1, -0.05) is 22.6 Å². The van der Waals surface area contributed by atoms with Crippen molar-refractivity contribution in [3.8, 4) is 0 Å². The van der Waals surface area contributed by atoms with Crippen LogP contribution in [0.25, 0.3) is 0 Å². The van der Waals surface area contributed by atoms with Gasteiger partial charge >= 0.3 is 0 Å². The van der Waals surface area contributed by atoms with E-state index < -0.39 is 0 Å². The highest BCUT2D eigenvalue weighted by atomic mass is 127. The normalized spacial score (nSPS) is 10.3. The topological polar surface area (TPSA) is 28.7 Å². The lowest BCUT2D eigenvalue weighted by atomic mass is 10.1. The second kappa shape index (κ2) is 3.37. The molecule has 1 rings (SSSR count). The molecule has 0 aliphatic heterocycles. The minimum absolute atomic E-state index is 1.13. The molecule has 10 heavy (non-hydrogen) atoms. The van der Waals surface area contributed by atoms with Gasteiger partial charge in [0.15, 0.2) is 0 Å². The number of alkyl halides is 1. The maximum Gasteiger partial charge on any atom is 0.0626 e. The Morgan fingerprint density at radius 2 is 2.20 bits per heavy atom.